The third-order valence-electron chi connectivity index (χ3n) is 2.80. The van der Waals surface area contributed by atoms with E-state index >= 15 is 0 Å². The number of aliphatic carboxylic acids is 1. The van der Waals surface area contributed by atoms with Crippen molar-refractivity contribution in [2.24, 2.45) is 0 Å². The van der Waals surface area contributed by atoms with Crippen LogP contribution in [0, 0.1) is 0 Å². The summed E-state index contributed by atoms with van der Waals surface area (Å²) in [6.07, 6.45) is 3.14. The summed E-state index contributed by atoms with van der Waals surface area (Å²) in [7, 11) is 1.59. The van der Waals surface area contributed by atoms with E-state index in [9.17, 15) is 14.7 Å². The Balaban J connectivity index is 1.92. The Morgan fingerprint density at radius 2 is 2.38 bits per heavy atom. The molecule has 0 aliphatic rings. The number of nitrogens with one attached hydrogen (secondary N) is 2. The summed E-state index contributed by atoms with van der Waals surface area (Å²) in [4.78, 5) is 35.3. The Morgan fingerprint density at radius 1 is 1.57 bits per heavy atom. The Morgan fingerprint density at radius 3 is 2.95 bits per heavy atom. The van der Waals surface area contributed by atoms with E-state index in [1.807, 2.05) is 5.38 Å². The second-order valence-corrected chi connectivity index (χ2v) is 5.18. The predicted molar refractivity (Wildman–Crippen MR) is 75.8 cm³/mol. The number of imidazole rings is 1. The summed E-state index contributed by atoms with van der Waals surface area (Å²) in [6, 6.07) is -1.48. The van der Waals surface area contributed by atoms with Gasteiger partial charge in [-0.3, -0.25) is 0 Å². The highest BCUT2D eigenvalue weighted by Crippen LogP contribution is 2.05. The molecular formula is C12H15N5O3S. The van der Waals surface area contributed by atoms with E-state index in [1.54, 1.807) is 12.6 Å². The average Bonchev–Trinajstić information content (AvgIpc) is 3.10. The molecule has 0 radical (unpaired) electrons. The predicted octanol–water partition coefficient (Wildman–Crippen LogP) is 0.704. The largest absolute Gasteiger partial charge is 0.480 e. The molecule has 0 saturated carbocycles. The molecule has 2 heterocycles. The van der Waals surface area contributed by atoms with Crippen LogP contribution in [0.15, 0.2) is 23.4 Å². The molecule has 2 aromatic heterocycles. The molecule has 1 atom stereocenters. The van der Waals surface area contributed by atoms with Crippen LogP contribution < -0.4 is 5.32 Å². The molecular weight excluding hydrogens is 294 g/mol. The standard InChI is InChI=1S/C12H15N5O3S/c1-17(4-9-5-21-7-15-9)12(20)16-10(11(18)19)2-8-3-13-6-14-8/h3,5-7,10H,2,4H2,1H3,(H,13,14)(H,16,20)(H,18,19)/t10-/m0/s1. The van der Waals surface area contributed by atoms with Crippen molar-refractivity contribution >= 4 is 23.3 Å². The minimum atomic E-state index is -1.10. The van der Waals surface area contributed by atoms with Crippen LogP contribution in [0.2, 0.25) is 0 Å². The SMILES string of the molecule is CN(Cc1cscn1)C(=O)N[C@@H](Cc1cnc[nH]1)C(=O)O. The number of aromatic amines is 1. The van der Waals surface area contributed by atoms with Crippen molar-refractivity contribution < 1.29 is 14.7 Å². The van der Waals surface area contributed by atoms with Crippen molar-refractivity contribution in [3.63, 3.8) is 0 Å². The van der Waals surface area contributed by atoms with Crippen molar-refractivity contribution in [1.82, 2.24) is 25.2 Å². The van der Waals surface area contributed by atoms with E-state index in [0.717, 1.165) is 5.69 Å². The zero-order valence-electron chi connectivity index (χ0n) is 11.3. The van der Waals surface area contributed by atoms with E-state index in [0.29, 0.717) is 12.2 Å². The first kappa shape index (κ1) is 15.0. The molecule has 0 aliphatic heterocycles. The fourth-order valence-corrected chi connectivity index (χ4v) is 2.26. The smallest absolute Gasteiger partial charge is 0.326 e. The van der Waals surface area contributed by atoms with Gasteiger partial charge in [-0.25, -0.2) is 19.6 Å². The van der Waals surface area contributed by atoms with Gasteiger partial charge in [0.25, 0.3) is 0 Å². The Bertz CT molecular complexity index is 584. The lowest BCUT2D eigenvalue weighted by Gasteiger charge is -2.20. The first-order valence-corrected chi connectivity index (χ1v) is 7.09. The first-order valence-electron chi connectivity index (χ1n) is 6.15. The van der Waals surface area contributed by atoms with Gasteiger partial charge >= 0.3 is 12.0 Å². The van der Waals surface area contributed by atoms with Crippen molar-refractivity contribution in [1.29, 1.82) is 0 Å². The van der Waals surface area contributed by atoms with Crippen LogP contribution in [0.5, 0.6) is 0 Å². The molecule has 0 aliphatic carbocycles. The maximum absolute atomic E-state index is 12.0. The molecule has 0 fully saturated rings. The van der Waals surface area contributed by atoms with Crippen LogP contribution in [-0.2, 0) is 17.8 Å². The van der Waals surface area contributed by atoms with E-state index in [1.165, 1.54) is 28.8 Å². The number of carboxylic acid groups (broad SMARTS) is 1. The lowest BCUT2D eigenvalue weighted by molar-refractivity contribution is -0.139. The molecule has 21 heavy (non-hydrogen) atoms. The average molecular weight is 309 g/mol. The molecule has 2 aromatic rings. The Kier molecular flexibility index (Phi) is 4.88. The van der Waals surface area contributed by atoms with Gasteiger partial charge in [-0.1, -0.05) is 0 Å². The summed E-state index contributed by atoms with van der Waals surface area (Å²) in [5.41, 5.74) is 3.09. The number of rotatable bonds is 6. The fraction of sp³-hybridized carbons (Fsp3) is 0.333. The Hall–Kier alpha value is -2.42. The number of urea groups is 1. The van der Waals surface area contributed by atoms with Crippen LogP contribution >= 0.6 is 11.3 Å². The van der Waals surface area contributed by atoms with Crippen molar-refractivity contribution in [2.75, 3.05) is 7.05 Å². The zero-order chi connectivity index (χ0) is 15.2. The molecule has 0 spiro atoms. The van der Waals surface area contributed by atoms with Gasteiger partial charge in [-0.2, -0.15) is 0 Å². The van der Waals surface area contributed by atoms with Gasteiger partial charge in [-0.15, -0.1) is 11.3 Å². The van der Waals surface area contributed by atoms with Gasteiger partial charge in [0, 0.05) is 30.7 Å². The van der Waals surface area contributed by atoms with Gasteiger partial charge in [0.15, 0.2) is 0 Å². The quantitative estimate of drug-likeness (QED) is 0.727. The number of thiazole rings is 1. The summed E-state index contributed by atoms with van der Waals surface area (Å²) >= 11 is 1.44. The third-order valence-corrected chi connectivity index (χ3v) is 3.44. The van der Waals surface area contributed by atoms with E-state index in [4.69, 9.17) is 0 Å². The van der Waals surface area contributed by atoms with Crippen LogP contribution in [0.1, 0.15) is 11.4 Å². The lowest BCUT2D eigenvalue weighted by atomic mass is 10.1. The van der Waals surface area contributed by atoms with Crippen LogP contribution in [-0.4, -0.2) is 50.0 Å². The molecule has 9 heteroatoms. The number of hydrogen-bond acceptors (Lipinski definition) is 5. The van der Waals surface area contributed by atoms with E-state index < -0.39 is 18.0 Å². The number of nitrogens with zero attached hydrogens (tertiary/aromatic N) is 3. The number of aromatic nitrogens is 3. The zero-order valence-corrected chi connectivity index (χ0v) is 12.1. The summed E-state index contributed by atoms with van der Waals surface area (Å²) < 4.78 is 0. The Labute approximate surface area is 124 Å². The second-order valence-electron chi connectivity index (χ2n) is 4.46. The third kappa shape index (κ3) is 4.28. The summed E-state index contributed by atoms with van der Waals surface area (Å²) in [5.74, 6) is -1.10. The fourth-order valence-electron chi connectivity index (χ4n) is 1.71. The maximum atomic E-state index is 12.0. The van der Waals surface area contributed by atoms with Gasteiger partial charge < -0.3 is 20.3 Å². The monoisotopic (exact) mass is 309 g/mol. The molecule has 2 rings (SSSR count). The maximum Gasteiger partial charge on any atom is 0.326 e. The molecule has 112 valence electrons. The topological polar surface area (TPSA) is 111 Å². The molecule has 2 amide bonds. The number of carbonyl (C=O) groups is 2. The molecule has 0 bridgehead atoms. The highest BCUT2D eigenvalue weighted by Gasteiger charge is 2.22. The van der Waals surface area contributed by atoms with E-state index in [-0.39, 0.29) is 6.42 Å². The first-order chi connectivity index (χ1) is 10.1. The molecule has 0 aromatic carbocycles. The molecule has 8 nitrogen and oxygen atoms in total. The molecule has 0 saturated heterocycles. The second kappa shape index (κ2) is 6.84. The highest BCUT2D eigenvalue weighted by atomic mass is 32.1. The minimum absolute atomic E-state index is 0.144. The van der Waals surface area contributed by atoms with Crippen molar-refractivity contribution in [2.45, 2.75) is 19.0 Å². The number of hydrogen-bond donors (Lipinski definition) is 3. The van der Waals surface area contributed by atoms with Crippen LogP contribution in [0.3, 0.4) is 0 Å². The summed E-state index contributed by atoms with van der Waals surface area (Å²) in [6.45, 7) is 0.325. The van der Waals surface area contributed by atoms with Crippen molar-refractivity contribution in [3.8, 4) is 0 Å². The van der Waals surface area contributed by atoms with Crippen LogP contribution in [0.4, 0.5) is 4.79 Å². The summed E-state index contributed by atoms with van der Waals surface area (Å²) in [5, 5.41) is 13.5. The van der Waals surface area contributed by atoms with Crippen LogP contribution in [0.25, 0.3) is 0 Å². The lowest BCUT2D eigenvalue weighted by Crippen LogP contribution is -2.47. The molecule has 3 N–H and O–H groups in total. The van der Waals surface area contributed by atoms with Gasteiger partial charge in [0.1, 0.15) is 6.04 Å². The number of carbonyl (C=O) groups excluding carboxylic acids is 1. The molecule has 0 unspecified atom stereocenters. The minimum Gasteiger partial charge on any atom is -0.480 e. The number of carboxylic acids is 1. The normalized spacial score (nSPS) is 11.9. The van der Waals surface area contributed by atoms with Gasteiger partial charge in [0.05, 0.1) is 24.1 Å². The number of amides is 2. The van der Waals surface area contributed by atoms with Gasteiger partial charge in [0.2, 0.25) is 0 Å². The van der Waals surface area contributed by atoms with E-state index in [2.05, 4.69) is 20.3 Å². The van der Waals surface area contributed by atoms with Crippen molar-refractivity contribution in [3.05, 3.63) is 34.8 Å². The highest BCUT2D eigenvalue weighted by molar-refractivity contribution is 7.07. The number of H-pyrrole nitrogens is 1. The van der Waals surface area contributed by atoms with Gasteiger partial charge in [-0.05, 0) is 0 Å².